The molecule has 0 bridgehead atoms. The van der Waals surface area contributed by atoms with Gasteiger partial charge in [-0.2, -0.15) is 4.68 Å². The zero-order valence-corrected chi connectivity index (χ0v) is 23.8. The van der Waals surface area contributed by atoms with Crippen LogP contribution in [0, 0.1) is 0 Å². The average Bonchev–Trinajstić information content (AvgIpc) is 3.50. The number of carbonyl (C=O) groups excluding carboxylic acids is 4. The Kier molecular flexibility index (Phi) is 9.64. The summed E-state index contributed by atoms with van der Waals surface area (Å²) < 4.78 is 29.6. The summed E-state index contributed by atoms with van der Waals surface area (Å²) in [6.45, 7) is -0.0138. The standard InChI is InChI=1S/C26H26ClN7O7S/c1-41-26(38)17-2-6-20(7-3-17)29-25(37)21(15-24(36)33-10-12-42(39,40)13-11-33)30-23(35)9-4-18-14-19(27)5-8-22(18)34-16-28-31-32-34/h2-9,14,16,21H,10-13,15H2,1H3,(H,29,37)(H,30,35)/b9-4+/t21-/m0/s1. The van der Waals surface area contributed by atoms with Crippen LogP contribution in [0.15, 0.2) is 54.9 Å². The number of rotatable bonds is 9. The van der Waals surface area contributed by atoms with E-state index in [0.717, 1.165) is 0 Å². The van der Waals surface area contributed by atoms with Gasteiger partial charge in [-0.25, -0.2) is 13.2 Å². The summed E-state index contributed by atoms with van der Waals surface area (Å²) in [6.07, 6.45) is 3.58. The zero-order valence-electron chi connectivity index (χ0n) is 22.3. The van der Waals surface area contributed by atoms with Gasteiger partial charge < -0.3 is 20.3 Å². The molecule has 1 saturated heterocycles. The second kappa shape index (κ2) is 13.4. The number of nitrogens with zero attached hydrogens (tertiary/aromatic N) is 5. The van der Waals surface area contributed by atoms with E-state index >= 15 is 0 Å². The molecule has 1 aliphatic rings. The van der Waals surface area contributed by atoms with Crippen molar-refractivity contribution >= 4 is 56.9 Å². The van der Waals surface area contributed by atoms with E-state index in [1.807, 2.05) is 0 Å². The third kappa shape index (κ3) is 7.98. The quantitative estimate of drug-likeness (QED) is 0.259. The Balaban J connectivity index is 1.51. The summed E-state index contributed by atoms with van der Waals surface area (Å²) in [7, 11) is -1.99. The smallest absolute Gasteiger partial charge is 0.337 e. The highest BCUT2D eigenvalue weighted by molar-refractivity contribution is 7.91. The third-order valence-electron chi connectivity index (χ3n) is 6.28. The lowest BCUT2D eigenvalue weighted by molar-refractivity contribution is -0.134. The van der Waals surface area contributed by atoms with Crippen molar-refractivity contribution in [1.29, 1.82) is 0 Å². The molecule has 0 unspecified atom stereocenters. The van der Waals surface area contributed by atoms with Crippen LogP contribution >= 0.6 is 11.6 Å². The molecule has 1 fully saturated rings. The number of esters is 1. The predicted molar refractivity (Wildman–Crippen MR) is 151 cm³/mol. The van der Waals surface area contributed by atoms with Crippen molar-refractivity contribution in [3.05, 3.63) is 71.0 Å². The summed E-state index contributed by atoms with van der Waals surface area (Å²) >= 11 is 6.13. The molecular formula is C26H26ClN7O7S. The minimum absolute atomic E-state index is 0.00691. The van der Waals surface area contributed by atoms with Crippen molar-refractivity contribution in [1.82, 2.24) is 30.4 Å². The molecule has 2 aromatic carbocycles. The molecule has 0 saturated carbocycles. The van der Waals surface area contributed by atoms with Crippen LogP contribution in [-0.2, 0) is 29.0 Å². The summed E-state index contributed by atoms with van der Waals surface area (Å²) in [5.74, 6) is -2.79. The molecule has 4 rings (SSSR count). The van der Waals surface area contributed by atoms with Crippen molar-refractivity contribution in [3.63, 3.8) is 0 Å². The molecule has 1 aromatic heterocycles. The van der Waals surface area contributed by atoms with Crippen LogP contribution in [-0.4, -0.2) is 95.0 Å². The number of amides is 3. The molecule has 3 amide bonds. The van der Waals surface area contributed by atoms with Gasteiger partial charge in [0.25, 0.3) is 0 Å². The fourth-order valence-corrected chi connectivity index (χ4v) is 5.42. The highest BCUT2D eigenvalue weighted by Gasteiger charge is 2.30. The van der Waals surface area contributed by atoms with Gasteiger partial charge in [-0.3, -0.25) is 14.4 Å². The number of hydrogen-bond acceptors (Lipinski definition) is 10. The highest BCUT2D eigenvalue weighted by atomic mass is 35.5. The summed E-state index contributed by atoms with van der Waals surface area (Å²) in [4.78, 5) is 52.2. The van der Waals surface area contributed by atoms with E-state index in [1.54, 1.807) is 18.2 Å². The van der Waals surface area contributed by atoms with Crippen molar-refractivity contribution in [2.24, 2.45) is 0 Å². The molecule has 16 heteroatoms. The number of ether oxygens (including phenoxy) is 1. The number of methoxy groups -OCH3 is 1. The van der Waals surface area contributed by atoms with Gasteiger partial charge in [0, 0.05) is 35.4 Å². The maximum Gasteiger partial charge on any atom is 0.337 e. The van der Waals surface area contributed by atoms with E-state index in [0.29, 0.717) is 22.0 Å². The third-order valence-corrected chi connectivity index (χ3v) is 8.13. The number of benzene rings is 2. The van der Waals surface area contributed by atoms with E-state index in [-0.39, 0.29) is 30.2 Å². The molecule has 0 aliphatic carbocycles. The summed E-state index contributed by atoms with van der Waals surface area (Å²) in [6, 6.07) is 9.42. The van der Waals surface area contributed by atoms with Crippen molar-refractivity contribution in [2.75, 3.05) is 37.0 Å². The van der Waals surface area contributed by atoms with Crippen LogP contribution in [0.25, 0.3) is 11.8 Å². The van der Waals surface area contributed by atoms with Gasteiger partial charge in [0.15, 0.2) is 9.84 Å². The Hall–Kier alpha value is -4.63. The zero-order chi connectivity index (χ0) is 30.3. The van der Waals surface area contributed by atoms with E-state index in [4.69, 9.17) is 11.6 Å². The Labute approximate surface area is 245 Å². The van der Waals surface area contributed by atoms with Gasteiger partial charge in [-0.05, 0) is 59.0 Å². The number of hydrogen-bond donors (Lipinski definition) is 2. The lowest BCUT2D eigenvalue weighted by atomic mass is 10.1. The maximum absolute atomic E-state index is 13.2. The first-order valence-electron chi connectivity index (χ1n) is 12.5. The van der Waals surface area contributed by atoms with Crippen molar-refractivity contribution in [3.8, 4) is 5.69 Å². The van der Waals surface area contributed by atoms with Gasteiger partial charge in [0.2, 0.25) is 17.7 Å². The number of carbonyl (C=O) groups is 4. The molecule has 0 radical (unpaired) electrons. The first kappa shape index (κ1) is 30.3. The van der Waals surface area contributed by atoms with Gasteiger partial charge in [0.1, 0.15) is 12.4 Å². The second-order valence-corrected chi connectivity index (χ2v) is 11.9. The predicted octanol–water partition coefficient (Wildman–Crippen LogP) is 0.886. The first-order chi connectivity index (χ1) is 20.0. The number of nitrogens with one attached hydrogen (secondary N) is 2. The number of tetrazole rings is 1. The normalized spacial score (nSPS) is 15.1. The Morgan fingerprint density at radius 3 is 2.45 bits per heavy atom. The van der Waals surface area contributed by atoms with Crippen LogP contribution in [0.3, 0.4) is 0 Å². The highest BCUT2D eigenvalue weighted by Crippen LogP contribution is 2.20. The molecule has 220 valence electrons. The molecule has 2 heterocycles. The first-order valence-corrected chi connectivity index (χ1v) is 14.7. The van der Waals surface area contributed by atoms with Crippen LogP contribution in [0.2, 0.25) is 5.02 Å². The van der Waals surface area contributed by atoms with E-state index in [1.165, 1.54) is 59.4 Å². The molecule has 14 nitrogen and oxygen atoms in total. The second-order valence-electron chi connectivity index (χ2n) is 9.15. The van der Waals surface area contributed by atoms with Gasteiger partial charge in [0.05, 0.1) is 36.3 Å². The lowest BCUT2D eigenvalue weighted by Gasteiger charge is -2.28. The number of aromatic nitrogens is 4. The molecule has 1 atom stereocenters. The van der Waals surface area contributed by atoms with E-state index < -0.39 is 46.0 Å². The lowest BCUT2D eigenvalue weighted by Crippen LogP contribution is -2.49. The van der Waals surface area contributed by atoms with Crippen molar-refractivity contribution in [2.45, 2.75) is 12.5 Å². The molecular weight excluding hydrogens is 590 g/mol. The molecule has 3 aromatic rings. The minimum atomic E-state index is -3.23. The summed E-state index contributed by atoms with van der Waals surface area (Å²) in [5, 5.41) is 16.6. The summed E-state index contributed by atoms with van der Waals surface area (Å²) in [5.41, 5.74) is 1.61. The van der Waals surface area contributed by atoms with Crippen LogP contribution < -0.4 is 10.6 Å². The average molecular weight is 616 g/mol. The van der Waals surface area contributed by atoms with Crippen LogP contribution in [0.4, 0.5) is 5.69 Å². The maximum atomic E-state index is 13.2. The van der Waals surface area contributed by atoms with Crippen molar-refractivity contribution < 1.29 is 32.3 Å². The molecule has 0 spiro atoms. The Morgan fingerprint density at radius 1 is 1.10 bits per heavy atom. The Morgan fingerprint density at radius 2 is 1.81 bits per heavy atom. The van der Waals surface area contributed by atoms with E-state index in [9.17, 15) is 27.6 Å². The number of halogens is 1. The molecule has 2 N–H and O–H groups in total. The van der Waals surface area contributed by atoms with E-state index in [2.05, 4.69) is 30.9 Å². The van der Waals surface area contributed by atoms with Gasteiger partial charge in [-0.15, -0.1) is 5.10 Å². The van der Waals surface area contributed by atoms with Crippen LogP contribution in [0.5, 0.6) is 0 Å². The fourth-order valence-electron chi connectivity index (χ4n) is 4.04. The number of anilines is 1. The number of sulfone groups is 1. The fraction of sp³-hybridized carbons (Fsp3) is 0.269. The largest absolute Gasteiger partial charge is 0.465 e. The molecule has 1 aliphatic heterocycles. The monoisotopic (exact) mass is 615 g/mol. The SMILES string of the molecule is COC(=O)c1ccc(NC(=O)[C@H](CC(=O)N2CCS(=O)(=O)CC2)NC(=O)/C=C/c2cc(Cl)ccc2-n2cnnn2)cc1. The molecule has 42 heavy (non-hydrogen) atoms. The topological polar surface area (TPSA) is 183 Å². The van der Waals surface area contributed by atoms with Gasteiger partial charge in [-0.1, -0.05) is 11.6 Å². The minimum Gasteiger partial charge on any atom is -0.465 e. The van der Waals surface area contributed by atoms with Crippen LogP contribution in [0.1, 0.15) is 22.3 Å². The van der Waals surface area contributed by atoms with Gasteiger partial charge >= 0.3 is 5.97 Å². The Bertz CT molecular complexity index is 1600.